The zero-order valence-corrected chi connectivity index (χ0v) is 16.2. The van der Waals surface area contributed by atoms with E-state index in [1.54, 1.807) is 6.92 Å². The highest BCUT2D eigenvalue weighted by Gasteiger charge is 2.17. The topological polar surface area (TPSA) is 54.0 Å². The Morgan fingerprint density at radius 2 is 1.81 bits per heavy atom. The van der Waals surface area contributed by atoms with Crippen LogP contribution in [0.5, 0.6) is 0 Å². The summed E-state index contributed by atoms with van der Waals surface area (Å²) in [7, 11) is 0. The largest absolute Gasteiger partial charge is 0.379 e. The van der Waals surface area contributed by atoms with E-state index in [2.05, 4.69) is 45.4 Å². The first-order valence-corrected chi connectivity index (χ1v) is 9.64. The maximum absolute atomic E-state index is 12.0. The molecule has 1 aromatic rings. The van der Waals surface area contributed by atoms with Gasteiger partial charge in [-0.25, -0.2) is 0 Å². The second kappa shape index (κ2) is 12.0. The van der Waals surface area contributed by atoms with Crippen LogP contribution in [0.4, 0.5) is 0 Å². The first-order valence-electron chi connectivity index (χ1n) is 9.64. The molecule has 1 unspecified atom stereocenters. The maximum Gasteiger partial charge on any atom is 0.248 e. The van der Waals surface area contributed by atoms with Crippen molar-refractivity contribution in [3.05, 3.63) is 35.9 Å². The molecule has 1 atom stereocenters. The number of ether oxygens (including phenoxy) is 2. The lowest BCUT2D eigenvalue weighted by atomic mass is 10.2. The Morgan fingerprint density at radius 3 is 2.50 bits per heavy atom. The number of amides is 1. The third kappa shape index (κ3) is 7.83. The Balaban J connectivity index is 1.55. The Morgan fingerprint density at radius 1 is 1.12 bits per heavy atom. The monoisotopic (exact) mass is 363 g/mol. The minimum atomic E-state index is -0.432. The van der Waals surface area contributed by atoms with Crippen molar-refractivity contribution in [1.29, 1.82) is 0 Å². The molecule has 1 saturated heterocycles. The molecule has 0 spiro atoms. The molecule has 2 rings (SSSR count). The number of nitrogens with zero attached hydrogens (tertiary/aromatic N) is 2. The molecule has 1 aliphatic rings. The van der Waals surface area contributed by atoms with Crippen LogP contribution in [0.25, 0.3) is 0 Å². The van der Waals surface area contributed by atoms with Crippen LogP contribution in [-0.4, -0.2) is 80.9 Å². The van der Waals surface area contributed by atoms with Crippen LogP contribution < -0.4 is 5.32 Å². The van der Waals surface area contributed by atoms with Crippen molar-refractivity contribution in [2.45, 2.75) is 26.5 Å². The summed E-state index contributed by atoms with van der Waals surface area (Å²) in [5, 5.41) is 2.96. The fourth-order valence-corrected chi connectivity index (χ4v) is 3.00. The van der Waals surface area contributed by atoms with E-state index in [1.165, 1.54) is 5.56 Å². The van der Waals surface area contributed by atoms with E-state index >= 15 is 0 Å². The van der Waals surface area contributed by atoms with Gasteiger partial charge in [0.05, 0.1) is 13.2 Å². The summed E-state index contributed by atoms with van der Waals surface area (Å²) in [6, 6.07) is 10.6. The van der Waals surface area contributed by atoms with Crippen molar-refractivity contribution in [3.63, 3.8) is 0 Å². The van der Waals surface area contributed by atoms with E-state index in [1.807, 2.05) is 6.92 Å². The normalized spacial score (nSPS) is 17.2. The van der Waals surface area contributed by atoms with E-state index in [0.29, 0.717) is 26.4 Å². The van der Waals surface area contributed by atoms with Gasteiger partial charge in [-0.3, -0.25) is 14.6 Å². The number of nitrogens with one attached hydrogen (secondary N) is 1. The lowest BCUT2D eigenvalue weighted by Crippen LogP contribution is -2.48. The SMILES string of the molecule is CCOCCOC(C)C(=O)NCCN1CCN(Cc2ccccc2)CC1. The van der Waals surface area contributed by atoms with E-state index in [9.17, 15) is 4.79 Å². The number of hydrogen-bond donors (Lipinski definition) is 1. The Kier molecular flexibility index (Phi) is 9.63. The van der Waals surface area contributed by atoms with Crippen LogP contribution in [0.3, 0.4) is 0 Å². The zero-order chi connectivity index (χ0) is 18.6. The van der Waals surface area contributed by atoms with Gasteiger partial charge in [-0.1, -0.05) is 30.3 Å². The van der Waals surface area contributed by atoms with E-state index in [-0.39, 0.29) is 5.91 Å². The average Bonchev–Trinajstić information content (AvgIpc) is 2.67. The molecule has 0 saturated carbocycles. The quantitative estimate of drug-likeness (QED) is 0.602. The smallest absolute Gasteiger partial charge is 0.248 e. The van der Waals surface area contributed by atoms with Crippen LogP contribution >= 0.6 is 0 Å². The highest BCUT2D eigenvalue weighted by Crippen LogP contribution is 2.08. The number of hydrogen-bond acceptors (Lipinski definition) is 5. The third-order valence-electron chi connectivity index (χ3n) is 4.61. The predicted octanol–water partition coefficient (Wildman–Crippen LogP) is 1.36. The molecule has 1 amide bonds. The van der Waals surface area contributed by atoms with Gasteiger partial charge >= 0.3 is 0 Å². The highest BCUT2D eigenvalue weighted by atomic mass is 16.5. The van der Waals surface area contributed by atoms with E-state index in [4.69, 9.17) is 9.47 Å². The van der Waals surface area contributed by atoms with Crippen molar-refractivity contribution in [3.8, 4) is 0 Å². The number of rotatable bonds is 11. The molecule has 0 aliphatic carbocycles. The number of piperazine rings is 1. The third-order valence-corrected chi connectivity index (χ3v) is 4.61. The molecule has 1 aromatic carbocycles. The second-order valence-electron chi connectivity index (χ2n) is 6.60. The van der Waals surface area contributed by atoms with E-state index in [0.717, 1.165) is 39.3 Å². The van der Waals surface area contributed by atoms with E-state index < -0.39 is 6.10 Å². The van der Waals surface area contributed by atoms with Crippen molar-refractivity contribution < 1.29 is 14.3 Å². The van der Waals surface area contributed by atoms with Gasteiger partial charge in [0.15, 0.2) is 0 Å². The summed E-state index contributed by atoms with van der Waals surface area (Å²) in [4.78, 5) is 16.9. The average molecular weight is 364 g/mol. The van der Waals surface area contributed by atoms with Gasteiger partial charge in [0.2, 0.25) is 5.91 Å². The summed E-state index contributed by atoms with van der Waals surface area (Å²) in [5.41, 5.74) is 1.37. The van der Waals surface area contributed by atoms with Crippen molar-refractivity contribution in [1.82, 2.24) is 15.1 Å². The van der Waals surface area contributed by atoms with Crippen molar-refractivity contribution in [2.75, 3.05) is 59.1 Å². The molecule has 0 bridgehead atoms. The molecule has 6 heteroatoms. The first kappa shape index (κ1) is 20.8. The van der Waals surface area contributed by atoms with Crippen LogP contribution in [0, 0.1) is 0 Å². The lowest BCUT2D eigenvalue weighted by molar-refractivity contribution is -0.132. The van der Waals surface area contributed by atoms with Gasteiger partial charge in [-0.05, 0) is 19.4 Å². The fraction of sp³-hybridized carbons (Fsp3) is 0.650. The van der Waals surface area contributed by atoms with Crippen molar-refractivity contribution in [2.24, 2.45) is 0 Å². The molecule has 26 heavy (non-hydrogen) atoms. The molecule has 0 aromatic heterocycles. The Hall–Kier alpha value is -1.47. The molecule has 1 aliphatic heterocycles. The summed E-state index contributed by atoms with van der Waals surface area (Å²) in [6.45, 7) is 12.2. The molecule has 1 fully saturated rings. The standard InChI is InChI=1S/C20H33N3O3/c1-3-25-15-16-26-18(2)20(24)21-9-10-22-11-13-23(14-12-22)17-19-7-5-4-6-8-19/h4-8,18H,3,9-17H2,1-2H3,(H,21,24). The highest BCUT2D eigenvalue weighted by molar-refractivity contribution is 5.80. The molecule has 0 radical (unpaired) electrons. The number of benzene rings is 1. The number of carbonyl (C=O) groups is 1. The van der Waals surface area contributed by atoms with Gasteiger partial charge in [0.25, 0.3) is 0 Å². The van der Waals surface area contributed by atoms with Gasteiger partial charge < -0.3 is 14.8 Å². The second-order valence-corrected chi connectivity index (χ2v) is 6.60. The van der Waals surface area contributed by atoms with Gasteiger partial charge in [0, 0.05) is 52.4 Å². The lowest BCUT2D eigenvalue weighted by Gasteiger charge is -2.34. The Bertz CT molecular complexity index is 504. The van der Waals surface area contributed by atoms with Crippen molar-refractivity contribution >= 4 is 5.91 Å². The molecule has 146 valence electrons. The maximum atomic E-state index is 12.0. The van der Waals surface area contributed by atoms with Crippen LogP contribution in [0.15, 0.2) is 30.3 Å². The van der Waals surface area contributed by atoms with Crippen LogP contribution in [-0.2, 0) is 20.8 Å². The summed E-state index contributed by atoms with van der Waals surface area (Å²) in [5.74, 6) is -0.0517. The minimum Gasteiger partial charge on any atom is -0.379 e. The predicted molar refractivity (Wildman–Crippen MR) is 103 cm³/mol. The zero-order valence-electron chi connectivity index (χ0n) is 16.2. The van der Waals surface area contributed by atoms with Gasteiger partial charge in [-0.2, -0.15) is 0 Å². The van der Waals surface area contributed by atoms with Gasteiger partial charge in [-0.15, -0.1) is 0 Å². The van der Waals surface area contributed by atoms with Crippen LogP contribution in [0.1, 0.15) is 19.4 Å². The first-order chi connectivity index (χ1) is 12.7. The summed E-state index contributed by atoms with van der Waals surface area (Å²) >= 11 is 0. The molecular formula is C20H33N3O3. The fourth-order valence-electron chi connectivity index (χ4n) is 3.00. The number of carbonyl (C=O) groups excluding carboxylic acids is 1. The summed E-state index contributed by atoms with van der Waals surface area (Å²) < 4.78 is 10.7. The minimum absolute atomic E-state index is 0.0517. The Labute approximate surface area is 157 Å². The summed E-state index contributed by atoms with van der Waals surface area (Å²) in [6.07, 6.45) is -0.432. The molecule has 1 N–H and O–H groups in total. The molecule has 6 nitrogen and oxygen atoms in total. The van der Waals surface area contributed by atoms with Gasteiger partial charge in [0.1, 0.15) is 6.10 Å². The molecule has 1 heterocycles. The van der Waals surface area contributed by atoms with Crippen LogP contribution in [0.2, 0.25) is 0 Å². The molecular weight excluding hydrogens is 330 g/mol.